The number of carbonyl (C=O) groups is 1. The van der Waals surface area contributed by atoms with Crippen molar-refractivity contribution in [1.29, 1.82) is 0 Å². The monoisotopic (exact) mass is 426 g/mol. The molecule has 1 aliphatic heterocycles. The summed E-state index contributed by atoms with van der Waals surface area (Å²) in [6.45, 7) is 4.83. The second kappa shape index (κ2) is 11.5. The van der Waals surface area contributed by atoms with Gasteiger partial charge in [0.05, 0.1) is 13.7 Å². The van der Waals surface area contributed by atoms with Crippen LogP contribution >= 0.6 is 11.6 Å². The molecule has 0 atom stereocenters. The van der Waals surface area contributed by atoms with E-state index in [1.807, 2.05) is 42.5 Å². The van der Waals surface area contributed by atoms with E-state index in [0.29, 0.717) is 6.54 Å². The lowest BCUT2D eigenvalue weighted by molar-refractivity contribution is -0.122. The summed E-state index contributed by atoms with van der Waals surface area (Å²) in [6, 6.07) is 15.7. The normalized spacial score (nSPS) is 15.7. The number of piperazine rings is 1. The number of allylic oxidation sites excluding steroid dienone is 1. The molecule has 3 rings (SSSR count). The molecule has 1 saturated heterocycles. The van der Waals surface area contributed by atoms with Gasteiger partial charge in [0, 0.05) is 49.5 Å². The highest BCUT2D eigenvalue weighted by molar-refractivity contribution is 6.30. The van der Waals surface area contributed by atoms with Gasteiger partial charge in [-0.15, -0.1) is 0 Å². The number of rotatable bonds is 8. The number of nitrogens with zero attached hydrogens (tertiary/aromatic N) is 3. The lowest BCUT2D eigenvalue weighted by Gasteiger charge is -2.34. The molecule has 0 spiro atoms. The smallest absolute Gasteiger partial charge is 0.254 e. The van der Waals surface area contributed by atoms with Crippen molar-refractivity contribution < 1.29 is 9.53 Å². The molecule has 30 heavy (non-hydrogen) atoms. The predicted molar refractivity (Wildman–Crippen MR) is 122 cm³/mol. The van der Waals surface area contributed by atoms with Crippen LogP contribution in [0.1, 0.15) is 11.1 Å². The molecule has 0 saturated carbocycles. The van der Waals surface area contributed by atoms with E-state index in [1.165, 1.54) is 5.56 Å². The van der Waals surface area contributed by atoms with Crippen LogP contribution in [0.3, 0.4) is 0 Å². The first kappa shape index (κ1) is 22.0. The quantitative estimate of drug-likeness (QED) is 0.520. The van der Waals surface area contributed by atoms with Gasteiger partial charge in [0.2, 0.25) is 0 Å². The zero-order chi connectivity index (χ0) is 21.2. The highest BCUT2D eigenvalue weighted by Gasteiger charge is 2.18. The Morgan fingerprint density at radius 3 is 2.53 bits per heavy atom. The number of methoxy groups -OCH3 is 1. The van der Waals surface area contributed by atoms with Crippen LogP contribution in [-0.2, 0) is 11.3 Å². The minimum atomic E-state index is -0.108. The molecule has 1 heterocycles. The summed E-state index contributed by atoms with van der Waals surface area (Å²) in [5, 5.41) is 4.74. The number of ether oxygens (including phenoxy) is 1. The van der Waals surface area contributed by atoms with Gasteiger partial charge in [-0.1, -0.05) is 41.9 Å². The molecule has 2 aromatic rings. The van der Waals surface area contributed by atoms with Gasteiger partial charge in [-0.25, -0.2) is 5.43 Å². The Bertz CT molecular complexity index is 875. The number of hydrogen-bond acceptors (Lipinski definition) is 5. The molecular formula is C23H27ClN4O2. The zero-order valence-corrected chi connectivity index (χ0v) is 17.9. The molecule has 0 radical (unpaired) electrons. The fraction of sp³-hybridized carbons (Fsp3) is 0.304. The van der Waals surface area contributed by atoms with Crippen LogP contribution in [0.5, 0.6) is 5.75 Å². The first-order valence-corrected chi connectivity index (χ1v) is 10.3. The third-order valence-electron chi connectivity index (χ3n) is 4.92. The summed E-state index contributed by atoms with van der Waals surface area (Å²) in [5.74, 6) is 0.685. The maximum absolute atomic E-state index is 12.1. The lowest BCUT2D eigenvalue weighted by atomic mass is 10.2. The summed E-state index contributed by atoms with van der Waals surface area (Å²) in [7, 11) is 1.64. The fourth-order valence-corrected chi connectivity index (χ4v) is 3.42. The van der Waals surface area contributed by atoms with Gasteiger partial charge in [0.1, 0.15) is 5.75 Å². The summed E-state index contributed by atoms with van der Waals surface area (Å²) < 4.78 is 5.29. The average molecular weight is 427 g/mol. The number of hydrogen-bond donors (Lipinski definition) is 1. The van der Waals surface area contributed by atoms with Crippen LogP contribution in [0, 0.1) is 0 Å². The second-order valence-corrected chi connectivity index (χ2v) is 7.53. The topological polar surface area (TPSA) is 57.2 Å². The Labute approximate surface area is 182 Å². The molecule has 1 amide bonds. The van der Waals surface area contributed by atoms with E-state index < -0.39 is 0 Å². The first-order chi connectivity index (χ1) is 14.6. The van der Waals surface area contributed by atoms with Crippen LogP contribution in [-0.4, -0.2) is 61.8 Å². The van der Waals surface area contributed by atoms with Crippen molar-refractivity contribution in [2.24, 2.45) is 5.10 Å². The number of halogens is 1. The molecule has 6 nitrogen and oxygen atoms in total. The zero-order valence-electron chi connectivity index (χ0n) is 17.1. The van der Waals surface area contributed by atoms with Gasteiger partial charge < -0.3 is 4.74 Å². The van der Waals surface area contributed by atoms with Crippen molar-refractivity contribution in [3.63, 3.8) is 0 Å². The van der Waals surface area contributed by atoms with Crippen molar-refractivity contribution in [3.05, 3.63) is 70.8 Å². The Morgan fingerprint density at radius 1 is 1.10 bits per heavy atom. The predicted octanol–water partition coefficient (Wildman–Crippen LogP) is 3.28. The molecule has 7 heteroatoms. The standard InChI is InChI=1S/C23H27ClN4O2/c1-30-22-7-3-2-5-20(22)6-4-12-25-26-23(29)18-28-15-13-27(14-16-28)17-19-8-10-21(24)11-9-19/h2-12H,13-18H2,1H3,(H,26,29)/b6-4-,25-12+. The minimum absolute atomic E-state index is 0.108. The molecule has 2 aromatic carbocycles. The molecule has 0 aliphatic carbocycles. The Balaban J connectivity index is 1.36. The van der Waals surface area contributed by atoms with E-state index in [4.69, 9.17) is 16.3 Å². The van der Waals surface area contributed by atoms with Crippen LogP contribution in [0.25, 0.3) is 6.08 Å². The van der Waals surface area contributed by atoms with Gasteiger partial charge in [0.15, 0.2) is 0 Å². The number of nitrogens with one attached hydrogen (secondary N) is 1. The van der Waals surface area contributed by atoms with Crippen molar-refractivity contribution in [2.75, 3.05) is 39.8 Å². The molecule has 1 fully saturated rings. The molecule has 1 N–H and O–H groups in total. The van der Waals surface area contributed by atoms with Crippen molar-refractivity contribution in [3.8, 4) is 5.75 Å². The van der Waals surface area contributed by atoms with E-state index in [2.05, 4.69) is 32.5 Å². The van der Waals surface area contributed by atoms with E-state index in [-0.39, 0.29) is 5.91 Å². The highest BCUT2D eigenvalue weighted by atomic mass is 35.5. The molecule has 158 valence electrons. The minimum Gasteiger partial charge on any atom is -0.496 e. The third kappa shape index (κ3) is 6.99. The average Bonchev–Trinajstić information content (AvgIpc) is 2.77. The van der Waals surface area contributed by atoms with E-state index in [0.717, 1.165) is 49.1 Å². The van der Waals surface area contributed by atoms with Gasteiger partial charge in [-0.3, -0.25) is 14.6 Å². The largest absolute Gasteiger partial charge is 0.496 e. The van der Waals surface area contributed by atoms with Crippen LogP contribution in [0.15, 0.2) is 59.7 Å². The van der Waals surface area contributed by atoms with E-state index >= 15 is 0 Å². The number of para-hydroxylation sites is 1. The SMILES string of the molecule is COc1ccccc1/C=C\C=N\NC(=O)CN1CCN(Cc2ccc(Cl)cc2)CC1. The number of hydrazone groups is 1. The number of amides is 1. The van der Waals surface area contributed by atoms with Crippen molar-refractivity contribution in [1.82, 2.24) is 15.2 Å². The van der Waals surface area contributed by atoms with Crippen molar-refractivity contribution in [2.45, 2.75) is 6.54 Å². The van der Waals surface area contributed by atoms with Crippen LogP contribution < -0.4 is 10.2 Å². The summed E-state index contributed by atoms with van der Waals surface area (Å²) in [6.07, 6.45) is 5.22. The van der Waals surface area contributed by atoms with Gasteiger partial charge >= 0.3 is 0 Å². The summed E-state index contributed by atoms with van der Waals surface area (Å²) >= 11 is 5.94. The number of carbonyl (C=O) groups excluding carboxylic acids is 1. The van der Waals surface area contributed by atoms with Gasteiger partial charge in [0.25, 0.3) is 5.91 Å². The van der Waals surface area contributed by atoms with Gasteiger partial charge in [-0.2, -0.15) is 5.10 Å². The maximum atomic E-state index is 12.1. The summed E-state index contributed by atoms with van der Waals surface area (Å²) in [5.41, 5.74) is 4.79. The maximum Gasteiger partial charge on any atom is 0.254 e. The second-order valence-electron chi connectivity index (χ2n) is 7.09. The van der Waals surface area contributed by atoms with Gasteiger partial charge in [-0.05, 0) is 35.9 Å². The van der Waals surface area contributed by atoms with Crippen LogP contribution in [0.2, 0.25) is 5.02 Å². The lowest BCUT2D eigenvalue weighted by Crippen LogP contribution is -2.48. The molecule has 0 aromatic heterocycles. The number of benzene rings is 2. The van der Waals surface area contributed by atoms with Crippen LogP contribution in [0.4, 0.5) is 0 Å². The molecule has 0 unspecified atom stereocenters. The molecule has 0 bridgehead atoms. The Kier molecular flexibility index (Phi) is 8.44. The Hall–Kier alpha value is -2.67. The van der Waals surface area contributed by atoms with Crippen molar-refractivity contribution >= 4 is 29.8 Å². The fourth-order valence-electron chi connectivity index (χ4n) is 3.30. The third-order valence-corrected chi connectivity index (χ3v) is 5.17. The highest BCUT2D eigenvalue weighted by Crippen LogP contribution is 2.18. The Morgan fingerprint density at radius 2 is 1.80 bits per heavy atom. The molecular weight excluding hydrogens is 400 g/mol. The first-order valence-electron chi connectivity index (χ1n) is 9.95. The van der Waals surface area contributed by atoms with E-state index in [9.17, 15) is 4.79 Å². The molecule has 1 aliphatic rings. The summed E-state index contributed by atoms with van der Waals surface area (Å²) in [4.78, 5) is 16.6. The van der Waals surface area contributed by atoms with E-state index in [1.54, 1.807) is 19.4 Å².